The lowest BCUT2D eigenvalue weighted by Gasteiger charge is -2.50. The van der Waals surface area contributed by atoms with Gasteiger partial charge in [0.25, 0.3) is 0 Å². The Labute approximate surface area is 140 Å². The van der Waals surface area contributed by atoms with Crippen LogP contribution in [0.1, 0.15) is 17.0 Å². The van der Waals surface area contributed by atoms with Gasteiger partial charge < -0.3 is 9.47 Å². The molecule has 2 aliphatic heterocycles. The fourth-order valence-corrected chi connectivity index (χ4v) is 4.31. The average Bonchev–Trinajstić information content (AvgIpc) is 3.13. The zero-order valence-electron chi connectivity index (χ0n) is 13.3. The number of ether oxygens (including phenoxy) is 2. The van der Waals surface area contributed by atoms with Gasteiger partial charge in [-0.1, -0.05) is 6.07 Å². The minimum absolute atomic E-state index is 0.0205. The third-order valence-electron chi connectivity index (χ3n) is 4.86. The first-order valence-electron chi connectivity index (χ1n) is 8.04. The molecule has 4 rings (SSSR count). The first-order chi connectivity index (χ1) is 11.3. The van der Waals surface area contributed by atoms with E-state index in [0.717, 1.165) is 38.4 Å². The summed E-state index contributed by atoms with van der Waals surface area (Å²) in [5, 5.41) is 0. The average molecular weight is 331 g/mol. The van der Waals surface area contributed by atoms with Gasteiger partial charge >= 0.3 is 0 Å². The summed E-state index contributed by atoms with van der Waals surface area (Å²) in [6.45, 7) is 6.56. The summed E-state index contributed by atoms with van der Waals surface area (Å²) in [5.41, 5.74) is 3.06. The third-order valence-corrected chi connectivity index (χ3v) is 5.78. The molecule has 0 saturated carbocycles. The molecule has 0 aliphatic carbocycles. The molecule has 0 N–H and O–H groups in total. The number of rotatable bonds is 5. The molecule has 2 aromatic rings. The molecule has 2 aliphatic rings. The highest BCUT2D eigenvalue weighted by atomic mass is 32.1. The number of nitrogens with zero attached hydrogens (tertiary/aromatic N) is 3. The Kier molecular flexibility index (Phi) is 4.05. The molecule has 0 amide bonds. The number of likely N-dealkylation sites (tertiary alicyclic amines) is 1. The van der Waals surface area contributed by atoms with Crippen molar-refractivity contribution in [3.63, 3.8) is 0 Å². The lowest BCUT2D eigenvalue weighted by atomic mass is 9.81. The largest absolute Gasteiger partial charge is 0.477 e. The van der Waals surface area contributed by atoms with Crippen molar-refractivity contribution < 1.29 is 9.47 Å². The van der Waals surface area contributed by atoms with Gasteiger partial charge in [-0.25, -0.2) is 9.97 Å². The van der Waals surface area contributed by atoms with Crippen LogP contribution in [0.15, 0.2) is 29.9 Å². The Balaban J connectivity index is 1.33. The standard InChI is InChI=1S/C17H21N3O2S/c1-13-15(23-12-19-13)8-20-10-17(11-20)14(5-7-22-17)9-21-16-4-2-3-6-18-16/h2-4,6,12,14H,5,7-11H2,1H3. The molecule has 1 unspecified atom stereocenters. The second kappa shape index (κ2) is 6.19. The van der Waals surface area contributed by atoms with Crippen molar-refractivity contribution in [2.75, 3.05) is 26.3 Å². The van der Waals surface area contributed by atoms with Crippen molar-refractivity contribution in [2.24, 2.45) is 5.92 Å². The maximum atomic E-state index is 6.10. The minimum atomic E-state index is -0.0205. The molecule has 4 heterocycles. The van der Waals surface area contributed by atoms with Crippen molar-refractivity contribution >= 4 is 11.3 Å². The molecule has 5 nitrogen and oxygen atoms in total. The number of aromatic nitrogens is 2. The number of hydrogen-bond acceptors (Lipinski definition) is 6. The van der Waals surface area contributed by atoms with Crippen LogP contribution >= 0.6 is 11.3 Å². The topological polar surface area (TPSA) is 47.5 Å². The second-order valence-corrected chi connectivity index (χ2v) is 7.32. The van der Waals surface area contributed by atoms with Crippen molar-refractivity contribution in [1.82, 2.24) is 14.9 Å². The smallest absolute Gasteiger partial charge is 0.213 e. The Hall–Kier alpha value is -1.50. The Morgan fingerprint density at radius 1 is 1.39 bits per heavy atom. The van der Waals surface area contributed by atoms with Gasteiger partial charge in [-0.3, -0.25) is 4.90 Å². The first kappa shape index (κ1) is 15.1. The van der Waals surface area contributed by atoms with E-state index in [4.69, 9.17) is 9.47 Å². The van der Waals surface area contributed by atoms with Crippen LogP contribution in [-0.2, 0) is 11.3 Å². The number of thiazole rings is 1. The van der Waals surface area contributed by atoms with E-state index in [1.165, 1.54) is 4.88 Å². The summed E-state index contributed by atoms with van der Waals surface area (Å²) in [4.78, 5) is 12.4. The SMILES string of the molecule is Cc1ncsc1CN1CC2(C1)OCCC2COc1ccccn1. The van der Waals surface area contributed by atoms with Crippen LogP contribution in [0.5, 0.6) is 5.88 Å². The van der Waals surface area contributed by atoms with E-state index in [2.05, 4.69) is 21.8 Å². The fourth-order valence-electron chi connectivity index (χ4n) is 3.49. The number of aryl methyl sites for hydroxylation is 1. The summed E-state index contributed by atoms with van der Waals surface area (Å²) in [6.07, 6.45) is 2.83. The molecule has 0 radical (unpaired) electrons. The number of pyridine rings is 1. The molecule has 1 atom stereocenters. The normalized spacial score (nSPS) is 23.1. The van der Waals surface area contributed by atoms with E-state index in [1.807, 2.05) is 23.7 Å². The van der Waals surface area contributed by atoms with Gasteiger partial charge in [0, 0.05) is 49.3 Å². The van der Waals surface area contributed by atoms with E-state index in [-0.39, 0.29) is 5.60 Å². The highest BCUT2D eigenvalue weighted by molar-refractivity contribution is 7.09. The Morgan fingerprint density at radius 2 is 2.30 bits per heavy atom. The zero-order valence-corrected chi connectivity index (χ0v) is 14.1. The van der Waals surface area contributed by atoms with Crippen LogP contribution in [0.4, 0.5) is 0 Å². The predicted octanol–water partition coefficient (Wildman–Crippen LogP) is 2.52. The lowest BCUT2D eigenvalue weighted by Crippen LogP contribution is -2.64. The van der Waals surface area contributed by atoms with Gasteiger partial charge in [-0.2, -0.15) is 0 Å². The monoisotopic (exact) mass is 331 g/mol. The van der Waals surface area contributed by atoms with Crippen LogP contribution in [0, 0.1) is 12.8 Å². The maximum absolute atomic E-state index is 6.10. The lowest BCUT2D eigenvalue weighted by molar-refractivity contribution is -0.140. The molecule has 6 heteroatoms. The third kappa shape index (κ3) is 2.98. The van der Waals surface area contributed by atoms with E-state index in [0.29, 0.717) is 18.4 Å². The predicted molar refractivity (Wildman–Crippen MR) is 88.7 cm³/mol. The summed E-state index contributed by atoms with van der Waals surface area (Å²) in [5.74, 6) is 1.15. The summed E-state index contributed by atoms with van der Waals surface area (Å²) < 4.78 is 12.0. The van der Waals surface area contributed by atoms with Crippen LogP contribution in [0.25, 0.3) is 0 Å². The highest BCUT2D eigenvalue weighted by Crippen LogP contribution is 2.41. The molecular weight excluding hydrogens is 310 g/mol. The minimum Gasteiger partial charge on any atom is -0.477 e. The zero-order chi connectivity index (χ0) is 15.7. The number of hydrogen-bond donors (Lipinski definition) is 0. The molecular formula is C17H21N3O2S. The van der Waals surface area contributed by atoms with Crippen molar-refractivity contribution in [3.05, 3.63) is 40.5 Å². The van der Waals surface area contributed by atoms with E-state index < -0.39 is 0 Å². The summed E-state index contributed by atoms with van der Waals surface area (Å²) in [7, 11) is 0. The van der Waals surface area contributed by atoms with Gasteiger partial charge in [-0.05, 0) is 19.4 Å². The van der Waals surface area contributed by atoms with Crippen molar-refractivity contribution in [3.8, 4) is 5.88 Å². The quantitative estimate of drug-likeness (QED) is 0.842. The van der Waals surface area contributed by atoms with Crippen LogP contribution < -0.4 is 4.74 Å². The molecule has 2 saturated heterocycles. The van der Waals surface area contributed by atoms with Gasteiger partial charge in [0.15, 0.2) is 0 Å². The van der Waals surface area contributed by atoms with Gasteiger partial charge in [0.05, 0.1) is 23.4 Å². The summed E-state index contributed by atoms with van der Waals surface area (Å²) >= 11 is 1.74. The van der Waals surface area contributed by atoms with Crippen molar-refractivity contribution in [2.45, 2.75) is 25.5 Å². The van der Waals surface area contributed by atoms with E-state index in [9.17, 15) is 0 Å². The Bertz CT molecular complexity index is 655. The highest BCUT2D eigenvalue weighted by Gasteiger charge is 2.53. The van der Waals surface area contributed by atoms with Gasteiger partial charge in [0.1, 0.15) is 0 Å². The molecule has 2 aromatic heterocycles. The van der Waals surface area contributed by atoms with E-state index in [1.54, 1.807) is 17.5 Å². The van der Waals surface area contributed by atoms with E-state index >= 15 is 0 Å². The molecule has 23 heavy (non-hydrogen) atoms. The van der Waals surface area contributed by atoms with Gasteiger partial charge in [-0.15, -0.1) is 11.3 Å². The first-order valence-corrected chi connectivity index (χ1v) is 8.92. The summed E-state index contributed by atoms with van der Waals surface area (Å²) in [6, 6.07) is 5.76. The van der Waals surface area contributed by atoms with Crippen LogP contribution in [-0.4, -0.2) is 46.8 Å². The van der Waals surface area contributed by atoms with Gasteiger partial charge in [0.2, 0.25) is 5.88 Å². The molecule has 0 bridgehead atoms. The van der Waals surface area contributed by atoms with Crippen LogP contribution in [0.2, 0.25) is 0 Å². The molecule has 0 aromatic carbocycles. The Morgan fingerprint density at radius 3 is 3.04 bits per heavy atom. The second-order valence-electron chi connectivity index (χ2n) is 6.38. The fraction of sp³-hybridized carbons (Fsp3) is 0.529. The molecule has 122 valence electrons. The molecule has 1 spiro atoms. The van der Waals surface area contributed by atoms with Crippen LogP contribution in [0.3, 0.4) is 0 Å². The molecule has 2 fully saturated rings. The maximum Gasteiger partial charge on any atom is 0.213 e. The van der Waals surface area contributed by atoms with Crippen molar-refractivity contribution in [1.29, 1.82) is 0 Å².